The van der Waals surface area contributed by atoms with Crippen molar-refractivity contribution in [3.63, 3.8) is 0 Å². The quantitative estimate of drug-likeness (QED) is 0.0324. The fraction of sp³-hybridized carbons (Fsp3) is 0.214. The third kappa shape index (κ3) is 11.6. The summed E-state index contributed by atoms with van der Waals surface area (Å²) >= 11 is 8.04. The number of halogens is 1. The second-order valence-electron chi connectivity index (χ2n) is 8.67. The number of hydrogen-bond donors (Lipinski definition) is 4. The van der Waals surface area contributed by atoms with Gasteiger partial charge in [-0.1, -0.05) is 72.0 Å². The number of benzene rings is 2. The van der Waals surface area contributed by atoms with Gasteiger partial charge in [-0.2, -0.15) is 0 Å². The summed E-state index contributed by atoms with van der Waals surface area (Å²) < 4.78 is 0. The number of nitrogens with one attached hydrogen (secondary N) is 4. The smallest absolute Gasteiger partial charge is 1.00 e. The van der Waals surface area contributed by atoms with Gasteiger partial charge < -0.3 is 22.2 Å². The van der Waals surface area contributed by atoms with Crippen molar-refractivity contribution in [3.05, 3.63) is 76.4 Å². The zero-order chi connectivity index (χ0) is 30.8. The molecule has 0 spiro atoms. The summed E-state index contributed by atoms with van der Waals surface area (Å²) in [4.78, 5) is 78.4. The molecule has 45 heavy (non-hydrogen) atoms. The molecular weight excluding hydrogens is 694 g/mol. The molecule has 4 aliphatic heterocycles. The van der Waals surface area contributed by atoms with E-state index in [9.17, 15) is 28.8 Å². The molecule has 2 aromatic carbocycles. The summed E-state index contributed by atoms with van der Waals surface area (Å²) in [5, 5.41) is 18.2. The van der Waals surface area contributed by atoms with Gasteiger partial charge in [0.15, 0.2) is 0 Å². The van der Waals surface area contributed by atoms with Gasteiger partial charge >= 0.3 is 59.1 Å². The Hall–Kier alpha value is -2.60. The molecule has 2 saturated heterocycles. The number of hydrogen-bond acceptors (Lipinski definition) is 10. The molecule has 1 unspecified atom stereocenters. The van der Waals surface area contributed by atoms with Crippen LogP contribution >= 0.6 is 28.1 Å². The first-order chi connectivity index (χ1) is 20.1. The Bertz CT molecular complexity index is 1490. The summed E-state index contributed by atoms with van der Waals surface area (Å²) in [6.07, 6.45) is 1.68. The predicted octanol–water partition coefficient (Wildman–Crippen LogP) is -4.94. The van der Waals surface area contributed by atoms with Crippen LogP contribution in [0.3, 0.4) is 0 Å². The number of alkyl halides is 1. The summed E-state index contributed by atoms with van der Waals surface area (Å²) in [6.45, 7) is -0.181. The van der Waals surface area contributed by atoms with E-state index in [4.69, 9.17) is 22.3 Å². The maximum atomic E-state index is 11.8. The predicted molar refractivity (Wildman–Crippen MR) is 159 cm³/mol. The number of piperidine rings is 2. The van der Waals surface area contributed by atoms with Crippen molar-refractivity contribution in [2.75, 3.05) is 0 Å². The number of fused-ring (bicyclic) bond motifs is 2. The van der Waals surface area contributed by atoms with Crippen LogP contribution in [0.2, 0.25) is 0 Å². The van der Waals surface area contributed by atoms with Crippen molar-refractivity contribution < 1.29 is 104 Å². The monoisotopic (exact) mass is 720 g/mol. The van der Waals surface area contributed by atoms with Gasteiger partial charge in [-0.15, -0.1) is 0 Å². The number of carbonyl (C=O) groups excluding carboxylic acids is 7. The average molecular weight is 721 g/mol. The fourth-order valence-corrected chi connectivity index (χ4v) is 4.64. The van der Waals surface area contributed by atoms with E-state index in [1.54, 1.807) is 24.3 Å². The van der Waals surface area contributed by atoms with Gasteiger partial charge in [0.1, 0.15) is 4.99 Å². The summed E-state index contributed by atoms with van der Waals surface area (Å²) in [6, 6.07) is 14.4. The fourth-order valence-electron chi connectivity index (χ4n) is 4.02. The molecule has 228 valence electrons. The van der Waals surface area contributed by atoms with E-state index in [-0.39, 0.29) is 115 Å². The third-order valence-electron chi connectivity index (χ3n) is 5.97. The molecule has 0 bridgehead atoms. The molecule has 0 saturated carbocycles. The van der Waals surface area contributed by atoms with Crippen molar-refractivity contribution in [1.29, 1.82) is 0 Å². The summed E-state index contributed by atoms with van der Waals surface area (Å²) in [5.74, 6) is -1.38. The van der Waals surface area contributed by atoms with Crippen LogP contribution in [0.25, 0.3) is 5.70 Å². The Morgan fingerprint density at radius 2 is 1.24 bits per heavy atom. The van der Waals surface area contributed by atoms with Gasteiger partial charge in [0.25, 0.3) is 24.2 Å². The number of carbonyl (C=O) groups is 7. The minimum absolute atomic E-state index is 0. The van der Waals surface area contributed by atoms with E-state index < -0.39 is 5.91 Å². The van der Waals surface area contributed by atoms with Crippen LogP contribution in [0.1, 0.15) is 66.4 Å². The maximum absolute atomic E-state index is 11.8. The van der Waals surface area contributed by atoms with Crippen LogP contribution in [0, 0.1) is 0 Å². The first-order valence-corrected chi connectivity index (χ1v) is 13.5. The molecule has 2 aromatic rings. The van der Waals surface area contributed by atoms with Gasteiger partial charge in [0.05, 0.1) is 10.5 Å². The van der Waals surface area contributed by atoms with Crippen molar-refractivity contribution >= 4 is 80.7 Å². The molecule has 17 heteroatoms. The number of thiocarbonyl (C=S) groups is 1. The topological polar surface area (TPSA) is 200 Å². The van der Waals surface area contributed by atoms with Gasteiger partial charge in [0.2, 0.25) is 17.7 Å². The Morgan fingerprint density at radius 1 is 0.756 bits per heavy atom. The van der Waals surface area contributed by atoms with E-state index in [1.807, 2.05) is 24.3 Å². The molecule has 0 aromatic heterocycles. The van der Waals surface area contributed by atoms with Gasteiger partial charge in [-0.3, -0.25) is 44.2 Å². The maximum Gasteiger partial charge on any atom is 1.00 e. The molecule has 4 heterocycles. The molecule has 13 nitrogen and oxygen atoms in total. The van der Waals surface area contributed by atoms with Crippen LogP contribution in [0.15, 0.2) is 54.1 Å². The van der Waals surface area contributed by atoms with E-state index in [0.29, 0.717) is 46.6 Å². The number of amides is 6. The minimum atomic E-state index is -0.418. The van der Waals surface area contributed by atoms with Crippen LogP contribution in [0.5, 0.6) is 0 Å². The van der Waals surface area contributed by atoms with Crippen LogP contribution in [0.4, 0.5) is 0 Å². The van der Waals surface area contributed by atoms with Crippen LogP contribution in [-0.2, 0) is 28.9 Å². The molecule has 6 rings (SSSR count). The average Bonchev–Trinajstić information content (AvgIpc) is 3.47. The third-order valence-corrected chi connectivity index (χ3v) is 7.16. The summed E-state index contributed by atoms with van der Waals surface area (Å²) in [5.41, 5.74) is 3.80. The standard InChI is InChI=1S/C13H10N2O3.C8H5NOS.C5H6BrNO2.CH2O3.CH4.2Na.H/c16-10-6-5-9(13(18)14-10)11-7-3-1-2-4-8(7)12(17)15-11;10-7-5-3-1-2-4-6(5)8(11)9-7;6-3-1-2-4(8)7-5(3)9;2-1-4-3;;;;/h1-4H,5-6H2,(H,15,17)(H,14,16,18);1-4H,(H,9,10,11);3H,1-2H2,(H,7,8,9);1,3H;1H4;;;/q;;;;;2*+1;-1/p-1/b11-9-;;;;;;;. The Balaban J connectivity index is 0. The molecular formula is C28H27BrN4Na2O9S. The molecule has 2 fully saturated rings. The van der Waals surface area contributed by atoms with Crippen molar-refractivity contribution in [3.8, 4) is 0 Å². The number of rotatable bonds is 1. The first kappa shape index (κ1) is 42.4. The van der Waals surface area contributed by atoms with Crippen molar-refractivity contribution in [1.82, 2.24) is 21.3 Å². The molecule has 0 radical (unpaired) electrons. The SMILES string of the molecule is C.O=C1CC/C(=C2/NC(=O)c3ccccc32)C(=O)N1.O=C1CCC(Br)C(=O)N1.O=C1NC(=S)c2ccccc21.O=CO[O-].[H-].[Na+].[Na+]. The number of imide groups is 2. The second kappa shape index (κ2) is 20.5. The molecule has 6 amide bonds. The summed E-state index contributed by atoms with van der Waals surface area (Å²) in [7, 11) is 0. The van der Waals surface area contributed by atoms with E-state index >= 15 is 0 Å². The molecule has 1 atom stereocenters. The van der Waals surface area contributed by atoms with Crippen LogP contribution < -0.4 is 85.6 Å². The second-order valence-corrected chi connectivity index (χ2v) is 10.2. The van der Waals surface area contributed by atoms with Crippen molar-refractivity contribution in [2.24, 2.45) is 0 Å². The largest absolute Gasteiger partial charge is 1.00 e. The van der Waals surface area contributed by atoms with E-state index in [2.05, 4.69) is 42.1 Å². The first-order valence-electron chi connectivity index (χ1n) is 12.2. The molecule has 0 aliphatic carbocycles. The molecule has 4 N–H and O–H groups in total. The Morgan fingerprint density at radius 3 is 1.73 bits per heavy atom. The van der Waals surface area contributed by atoms with Crippen molar-refractivity contribution in [2.45, 2.75) is 37.9 Å². The zero-order valence-corrected chi connectivity index (χ0v) is 30.0. The Labute approximate surface area is 317 Å². The van der Waals surface area contributed by atoms with E-state index in [1.165, 1.54) is 0 Å². The molecule has 4 aliphatic rings. The van der Waals surface area contributed by atoms with Gasteiger partial charge in [-0.05, 0) is 25.0 Å². The zero-order valence-electron chi connectivity index (χ0n) is 24.6. The minimum Gasteiger partial charge on any atom is -1.00 e. The van der Waals surface area contributed by atoms with Gasteiger partial charge in [-0.25, -0.2) is 0 Å². The van der Waals surface area contributed by atoms with Crippen LogP contribution in [-0.4, -0.2) is 51.7 Å². The van der Waals surface area contributed by atoms with Gasteiger partial charge in [0, 0.05) is 40.7 Å². The van der Waals surface area contributed by atoms with E-state index in [0.717, 1.165) is 11.1 Å². The normalized spacial score (nSPS) is 18.6. The Kier molecular flexibility index (Phi) is 19.3.